The highest BCUT2D eigenvalue weighted by molar-refractivity contribution is 5.66. The van der Waals surface area contributed by atoms with Crippen molar-refractivity contribution in [3.8, 4) is 0 Å². The first-order valence-corrected chi connectivity index (χ1v) is 6.11. The molecule has 1 amide bonds. The molecule has 0 aromatic rings. The normalized spacial score (nSPS) is 18.8. The van der Waals surface area contributed by atoms with E-state index < -0.39 is 11.7 Å². The summed E-state index contributed by atoms with van der Waals surface area (Å²) in [7, 11) is 0. The lowest BCUT2D eigenvalue weighted by Gasteiger charge is -2.28. The van der Waals surface area contributed by atoms with Crippen LogP contribution in [0.1, 0.15) is 53.4 Å². The summed E-state index contributed by atoms with van der Waals surface area (Å²) in [4.78, 5) is 11.3. The summed E-state index contributed by atoms with van der Waals surface area (Å²) in [6.45, 7) is 7.63. The quantitative estimate of drug-likeness (QED) is 0.727. The Morgan fingerprint density at radius 2 is 2.06 bits per heavy atom. The van der Waals surface area contributed by atoms with Gasteiger partial charge in [-0.2, -0.15) is 0 Å². The molecule has 16 heavy (non-hydrogen) atoms. The van der Waals surface area contributed by atoms with Gasteiger partial charge in [0.05, 0.1) is 0 Å². The molecule has 1 aliphatic carbocycles. The average molecular weight is 228 g/mol. The molecule has 4 heteroatoms. The van der Waals surface area contributed by atoms with Crippen LogP contribution in [0.2, 0.25) is 0 Å². The Kier molecular flexibility index (Phi) is 4.59. The average Bonchev–Trinajstić information content (AvgIpc) is 2.05. The van der Waals surface area contributed by atoms with E-state index in [1.807, 2.05) is 20.8 Å². The van der Waals surface area contributed by atoms with Crippen molar-refractivity contribution in [2.45, 2.75) is 65.0 Å². The Hall–Kier alpha value is -0.770. The summed E-state index contributed by atoms with van der Waals surface area (Å²) in [5, 5.41) is 0. The minimum Gasteiger partial charge on any atom is -0.443 e. The number of amides is 1. The third kappa shape index (κ3) is 5.35. The van der Waals surface area contributed by atoms with Crippen molar-refractivity contribution in [1.82, 2.24) is 10.9 Å². The third-order valence-electron chi connectivity index (χ3n) is 2.73. The summed E-state index contributed by atoms with van der Waals surface area (Å²) in [5.74, 6) is 0.836. The van der Waals surface area contributed by atoms with Gasteiger partial charge in [0.15, 0.2) is 0 Å². The van der Waals surface area contributed by atoms with Crippen LogP contribution >= 0.6 is 0 Å². The SMILES string of the molecule is CC(CC1CCC1)NNC(=O)OC(C)(C)C. The zero-order chi connectivity index (χ0) is 12.2. The fourth-order valence-electron chi connectivity index (χ4n) is 1.77. The second-order valence-electron chi connectivity index (χ2n) is 5.70. The summed E-state index contributed by atoms with van der Waals surface area (Å²) in [6, 6.07) is 0.304. The van der Waals surface area contributed by atoms with Gasteiger partial charge in [-0.3, -0.25) is 5.43 Å². The molecular formula is C12H24N2O2. The van der Waals surface area contributed by atoms with Crippen molar-refractivity contribution in [3.63, 3.8) is 0 Å². The number of hydrogen-bond donors (Lipinski definition) is 2. The van der Waals surface area contributed by atoms with Crippen molar-refractivity contribution in [2.24, 2.45) is 5.92 Å². The number of ether oxygens (including phenoxy) is 1. The van der Waals surface area contributed by atoms with Gasteiger partial charge >= 0.3 is 6.09 Å². The summed E-state index contributed by atoms with van der Waals surface area (Å²) in [6.07, 6.45) is 4.73. The molecule has 1 fully saturated rings. The molecule has 4 nitrogen and oxygen atoms in total. The largest absolute Gasteiger partial charge is 0.443 e. The Morgan fingerprint density at radius 3 is 2.50 bits per heavy atom. The molecule has 1 aliphatic rings. The van der Waals surface area contributed by atoms with E-state index >= 15 is 0 Å². The van der Waals surface area contributed by atoms with Gasteiger partial charge in [-0.15, -0.1) is 0 Å². The maximum absolute atomic E-state index is 11.3. The van der Waals surface area contributed by atoms with E-state index in [1.54, 1.807) is 0 Å². The lowest BCUT2D eigenvalue weighted by molar-refractivity contribution is 0.0484. The molecule has 0 spiro atoms. The van der Waals surface area contributed by atoms with Gasteiger partial charge in [0.25, 0.3) is 0 Å². The van der Waals surface area contributed by atoms with Gasteiger partial charge in [-0.25, -0.2) is 10.2 Å². The molecule has 0 aromatic heterocycles. The maximum Gasteiger partial charge on any atom is 0.422 e. The van der Waals surface area contributed by atoms with Crippen LogP contribution in [0.25, 0.3) is 0 Å². The monoisotopic (exact) mass is 228 g/mol. The molecular weight excluding hydrogens is 204 g/mol. The van der Waals surface area contributed by atoms with E-state index in [0.717, 1.165) is 12.3 Å². The predicted octanol–water partition coefficient (Wildman–Crippen LogP) is 2.59. The first-order valence-electron chi connectivity index (χ1n) is 6.11. The lowest BCUT2D eigenvalue weighted by Crippen LogP contribution is -2.46. The van der Waals surface area contributed by atoms with Crippen molar-refractivity contribution >= 4 is 6.09 Å². The zero-order valence-electron chi connectivity index (χ0n) is 10.8. The molecule has 0 heterocycles. The van der Waals surface area contributed by atoms with E-state index in [1.165, 1.54) is 19.3 Å². The second kappa shape index (κ2) is 5.53. The Bertz CT molecular complexity index is 232. The molecule has 0 bridgehead atoms. The highest BCUT2D eigenvalue weighted by Gasteiger charge is 2.21. The third-order valence-corrected chi connectivity index (χ3v) is 2.73. The standard InChI is InChI=1S/C12H24N2O2/c1-9(8-10-6-5-7-10)13-14-11(15)16-12(2,3)4/h9-10,13H,5-8H2,1-4H3,(H,14,15). The summed E-state index contributed by atoms with van der Waals surface area (Å²) >= 11 is 0. The number of rotatable bonds is 4. The topological polar surface area (TPSA) is 50.4 Å². The molecule has 1 atom stereocenters. The van der Waals surface area contributed by atoms with Crippen molar-refractivity contribution in [2.75, 3.05) is 0 Å². The van der Waals surface area contributed by atoms with Crippen molar-refractivity contribution < 1.29 is 9.53 Å². The minimum atomic E-state index is -0.441. The van der Waals surface area contributed by atoms with E-state index in [-0.39, 0.29) is 0 Å². The Morgan fingerprint density at radius 1 is 1.44 bits per heavy atom. The van der Waals surface area contributed by atoms with Crippen LogP contribution in [-0.2, 0) is 4.74 Å². The summed E-state index contributed by atoms with van der Waals surface area (Å²) in [5.41, 5.74) is 5.12. The van der Waals surface area contributed by atoms with Crippen LogP contribution in [-0.4, -0.2) is 17.7 Å². The van der Waals surface area contributed by atoms with Crippen LogP contribution in [0, 0.1) is 5.92 Å². The number of hydrogen-bond acceptors (Lipinski definition) is 3. The molecule has 0 radical (unpaired) electrons. The molecule has 94 valence electrons. The van der Waals surface area contributed by atoms with Gasteiger partial charge < -0.3 is 4.74 Å². The molecule has 2 N–H and O–H groups in total. The first-order chi connectivity index (χ1) is 7.37. The van der Waals surface area contributed by atoms with Gasteiger partial charge in [-0.05, 0) is 40.0 Å². The van der Waals surface area contributed by atoms with E-state index in [2.05, 4.69) is 17.8 Å². The minimum absolute atomic E-state index is 0.304. The molecule has 0 aromatic carbocycles. The smallest absolute Gasteiger partial charge is 0.422 e. The first kappa shape index (κ1) is 13.3. The molecule has 0 aliphatic heterocycles. The van der Waals surface area contributed by atoms with Crippen LogP contribution in [0.3, 0.4) is 0 Å². The highest BCUT2D eigenvalue weighted by atomic mass is 16.6. The van der Waals surface area contributed by atoms with Crippen molar-refractivity contribution in [1.29, 1.82) is 0 Å². The maximum atomic E-state index is 11.3. The van der Waals surface area contributed by atoms with E-state index in [0.29, 0.717) is 6.04 Å². The number of hydrazine groups is 1. The van der Waals surface area contributed by atoms with E-state index in [4.69, 9.17) is 4.74 Å². The van der Waals surface area contributed by atoms with E-state index in [9.17, 15) is 4.79 Å². The molecule has 1 saturated carbocycles. The summed E-state index contributed by atoms with van der Waals surface area (Å²) < 4.78 is 5.12. The number of nitrogens with one attached hydrogen (secondary N) is 2. The zero-order valence-corrected chi connectivity index (χ0v) is 10.8. The molecule has 1 rings (SSSR count). The molecule has 0 saturated heterocycles. The molecule has 1 unspecified atom stereocenters. The van der Waals surface area contributed by atoms with Crippen LogP contribution in [0.15, 0.2) is 0 Å². The highest BCUT2D eigenvalue weighted by Crippen LogP contribution is 2.30. The number of carbonyl (C=O) groups is 1. The fourth-order valence-corrected chi connectivity index (χ4v) is 1.77. The number of carbonyl (C=O) groups excluding carboxylic acids is 1. The van der Waals surface area contributed by atoms with Crippen LogP contribution in [0.4, 0.5) is 4.79 Å². The van der Waals surface area contributed by atoms with Gasteiger partial charge in [0.2, 0.25) is 0 Å². The van der Waals surface area contributed by atoms with Crippen LogP contribution < -0.4 is 10.9 Å². The van der Waals surface area contributed by atoms with Crippen molar-refractivity contribution in [3.05, 3.63) is 0 Å². The fraction of sp³-hybridized carbons (Fsp3) is 0.917. The van der Waals surface area contributed by atoms with Gasteiger partial charge in [0, 0.05) is 6.04 Å². The Balaban J connectivity index is 2.10. The van der Waals surface area contributed by atoms with Gasteiger partial charge in [0.1, 0.15) is 5.60 Å². The predicted molar refractivity (Wildman–Crippen MR) is 63.9 cm³/mol. The Labute approximate surface area is 98.1 Å². The second-order valence-corrected chi connectivity index (χ2v) is 5.70. The lowest BCUT2D eigenvalue weighted by atomic mass is 9.81. The van der Waals surface area contributed by atoms with Crippen LogP contribution in [0.5, 0.6) is 0 Å². The van der Waals surface area contributed by atoms with Gasteiger partial charge in [-0.1, -0.05) is 19.3 Å².